The Balaban J connectivity index is 1.47. The number of hydrogen-bond acceptors (Lipinski definition) is 5. The van der Waals surface area contributed by atoms with E-state index in [1.807, 2.05) is 6.07 Å². The molecule has 2 aliphatic rings. The molecule has 0 bridgehead atoms. The van der Waals surface area contributed by atoms with Crippen LogP contribution in [0.25, 0.3) is 0 Å². The van der Waals surface area contributed by atoms with Gasteiger partial charge in [-0.05, 0) is 60.8 Å². The second-order valence-corrected chi connectivity index (χ2v) is 8.62. The standard InChI is InChI=1S/C25H33FN2O3/c1-18-13-21-20(15-25(18)31-10-4-7-28-8-11-30-12-9-28)16-27(2)17-22(21)19-5-6-24(29-3)23(26)14-19/h5-6,13-15,22H,4,7-12,16-17H2,1-3H3. The van der Waals surface area contributed by atoms with Crippen LogP contribution in [0.1, 0.15) is 34.6 Å². The molecule has 0 spiro atoms. The van der Waals surface area contributed by atoms with E-state index >= 15 is 0 Å². The molecule has 168 valence electrons. The molecule has 31 heavy (non-hydrogen) atoms. The van der Waals surface area contributed by atoms with Gasteiger partial charge in [0.2, 0.25) is 0 Å². The van der Waals surface area contributed by atoms with Crippen LogP contribution >= 0.6 is 0 Å². The van der Waals surface area contributed by atoms with Crippen LogP contribution in [-0.4, -0.2) is 70.0 Å². The molecule has 2 heterocycles. The van der Waals surface area contributed by atoms with Gasteiger partial charge in [0, 0.05) is 38.6 Å². The van der Waals surface area contributed by atoms with Gasteiger partial charge in [-0.25, -0.2) is 4.39 Å². The molecular weight excluding hydrogens is 395 g/mol. The first-order valence-electron chi connectivity index (χ1n) is 11.1. The lowest BCUT2D eigenvalue weighted by Gasteiger charge is -2.33. The number of fused-ring (bicyclic) bond motifs is 1. The Morgan fingerprint density at radius 3 is 2.68 bits per heavy atom. The molecule has 2 aromatic rings. The molecule has 0 radical (unpaired) electrons. The third-order valence-corrected chi connectivity index (χ3v) is 6.30. The molecule has 1 fully saturated rings. The van der Waals surface area contributed by atoms with Crippen LogP contribution in [0.3, 0.4) is 0 Å². The maximum atomic E-state index is 14.4. The largest absolute Gasteiger partial charge is 0.494 e. The van der Waals surface area contributed by atoms with E-state index in [9.17, 15) is 4.39 Å². The second-order valence-electron chi connectivity index (χ2n) is 8.62. The van der Waals surface area contributed by atoms with Crippen LogP contribution < -0.4 is 9.47 Å². The van der Waals surface area contributed by atoms with Crippen molar-refractivity contribution in [1.82, 2.24) is 9.80 Å². The van der Waals surface area contributed by atoms with Crippen molar-refractivity contribution in [2.24, 2.45) is 0 Å². The van der Waals surface area contributed by atoms with E-state index < -0.39 is 0 Å². The summed E-state index contributed by atoms with van der Waals surface area (Å²) in [5, 5.41) is 0. The van der Waals surface area contributed by atoms with E-state index in [4.69, 9.17) is 14.2 Å². The normalized spacial score (nSPS) is 19.8. The summed E-state index contributed by atoms with van der Waals surface area (Å²) in [6, 6.07) is 9.71. The lowest BCUT2D eigenvalue weighted by molar-refractivity contribution is 0.0358. The van der Waals surface area contributed by atoms with E-state index in [2.05, 4.69) is 35.9 Å². The molecule has 1 unspecified atom stereocenters. The minimum Gasteiger partial charge on any atom is -0.494 e. The van der Waals surface area contributed by atoms with Crippen molar-refractivity contribution >= 4 is 0 Å². The Labute approximate surface area is 184 Å². The Morgan fingerprint density at radius 2 is 1.94 bits per heavy atom. The monoisotopic (exact) mass is 428 g/mol. The van der Waals surface area contributed by atoms with Crippen LogP contribution in [-0.2, 0) is 11.3 Å². The number of ether oxygens (including phenoxy) is 3. The molecular formula is C25H33FN2O3. The maximum Gasteiger partial charge on any atom is 0.165 e. The molecule has 1 atom stereocenters. The fraction of sp³-hybridized carbons (Fsp3) is 0.520. The summed E-state index contributed by atoms with van der Waals surface area (Å²) in [6.45, 7) is 9.26. The first-order valence-corrected chi connectivity index (χ1v) is 11.1. The average molecular weight is 429 g/mol. The highest BCUT2D eigenvalue weighted by atomic mass is 19.1. The third-order valence-electron chi connectivity index (χ3n) is 6.30. The molecule has 0 aliphatic carbocycles. The van der Waals surface area contributed by atoms with E-state index in [1.54, 1.807) is 12.1 Å². The summed E-state index contributed by atoms with van der Waals surface area (Å²) in [4.78, 5) is 4.72. The Kier molecular flexibility index (Phi) is 7.10. The van der Waals surface area contributed by atoms with E-state index in [0.717, 1.165) is 69.2 Å². The SMILES string of the molecule is COc1ccc(C2CN(C)Cc3cc(OCCCN4CCOCC4)c(C)cc32)cc1F. The van der Waals surface area contributed by atoms with Crippen LogP contribution in [0.2, 0.25) is 0 Å². The van der Waals surface area contributed by atoms with Gasteiger partial charge in [-0.1, -0.05) is 12.1 Å². The summed E-state index contributed by atoms with van der Waals surface area (Å²) in [5.74, 6) is 1.05. The third kappa shape index (κ3) is 5.20. The van der Waals surface area contributed by atoms with Crippen molar-refractivity contribution in [3.63, 3.8) is 0 Å². The van der Waals surface area contributed by atoms with E-state index in [-0.39, 0.29) is 17.5 Å². The fourth-order valence-electron chi connectivity index (χ4n) is 4.61. The second kappa shape index (κ2) is 9.98. The van der Waals surface area contributed by atoms with Crippen LogP contribution in [0.4, 0.5) is 4.39 Å². The highest BCUT2D eigenvalue weighted by Crippen LogP contribution is 2.37. The van der Waals surface area contributed by atoms with Gasteiger partial charge in [-0.3, -0.25) is 4.90 Å². The summed E-state index contributed by atoms with van der Waals surface area (Å²) in [6.07, 6.45) is 1.00. The van der Waals surface area contributed by atoms with Crippen molar-refractivity contribution in [2.45, 2.75) is 25.8 Å². The van der Waals surface area contributed by atoms with Gasteiger partial charge in [0.1, 0.15) is 5.75 Å². The van der Waals surface area contributed by atoms with Gasteiger partial charge in [-0.2, -0.15) is 0 Å². The van der Waals surface area contributed by atoms with Crippen molar-refractivity contribution < 1.29 is 18.6 Å². The number of nitrogens with zero attached hydrogens (tertiary/aromatic N) is 2. The Bertz CT molecular complexity index is 899. The predicted molar refractivity (Wildman–Crippen MR) is 120 cm³/mol. The first-order chi connectivity index (χ1) is 15.0. The molecule has 2 aromatic carbocycles. The molecule has 6 heteroatoms. The van der Waals surface area contributed by atoms with Gasteiger partial charge in [0.25, 0.3) is 0 Å². The zero-order valence-corrected chi connectivity index (χ0v) is 18.8. The molecule has 0 aromatic heterocycles. The molecule has 0 saturated carbocycles. The van der Waals surface area contributed by atoms with Crippen LogP contribution in [0, 0.1) is 12.7 Å². The van der Waals surface area contributed by atoms with Gasteiger partial charge in [0.05, 0.1) is 26.9 Å². The van der Waals surface area contributed by atoms with Crippen molar-refractivity contribution in [2.75, 3.05) is 60.2 Å². The summed E-state index contributed by atoms with van der Waals surface area (Å²) in [5.41, 5.74) is 4.63. The van der Waals surface area contributed by atoms with Crippen LogP contribution in [0.5, 0.6) is 11.5 Å². The topological polar surface area (TPSA) is 34.2 Å². The number of hydrogen-bond donors (Lipinski definition) is 0. The number of halogens is 1. The average Bonchev–Trinajstić information content (AvgIpc) is 2.77. The first kappa shape index (κ1) is 22.1. The number of morpholine rings is 1. The van der Waals surface area contributed by atoms with E-state index in [1.165, 1.54) is 18.2 Å². The lowest BCUT2D eigenvalue weighted by Crippen LogP contribution is -2.37. The number of aryl methyl sites for hydroxylation is 1. The molecule has 4 rings (SSSR count). The van der Waals surface area contributed by atoms with Gasteiger partial charge >= 0.3 is 0 Å². The summed E-state index contributed by atoms with van der Waals surface area (Å²) < 4.78 is 31.0. The van der Waals surface area contributed by atoms with Crippen molar-refractivity contribution in [3.05, 3.63) is 58.4 Å². The maximum absolute atomic E-state index is 14.4. The molecule has 0 N–H and O–H groups in total. The van der Waals surface area contributed by atoms with Crippen LogP contribution in [0.15, 0.2) is 30.3 Å². The predicted octanol–water partition coefficient (Wildman–Crippen LogP) is 3.82. The zero-order chi connectivity index (χ0) is 21.8. The number of methoxy groups -OCH3 is 1. The Morgan fingerprint density at radius 1 is 1.13 bits per heavy atom. The quantitative estimate of drug-likeness (QED) is 0.627. The Hall–Kier alpha value is -2.15. The van der Waals surface area contributed by atoms with Crippen molar-refractivity contribution in [3.8, 4) is 11.5 Å². The van der Waals surface area contributed by atoms with E-state index in [0.29, 0.717) is 6.61 Å². The zero-order valence-electron chi connectivity index (χ0n) is 18.8. The highest BCUT2D eigenvalue weighted by molar-refractivity contribution is 5.48. The fourth-order valence-corrected chi connectivity index (χ4v) is 4.61. The molecule has 1 saturated heterocycles. The molecule has 5 nitrogen and oxygen atoms in total. The summed E-state index contributed by atoms with van der Waals surface area (Å²) >= 11 is 0. The van der Waals surface area contributed by atoms with Gasteiger partial charge in [-0.15, -0.1) is 0 Å². The van der Waals surface area contributed by atoms with Gasteiger partial charge in [0.15, 0.2) is 11.6 Å². The minimum absolute atomic E-state index is 0.128. The van der Waals surface area contributed by atoms with Gasteiger partial charge < -0.3 is 19.1 Å². The minimum atomic E-state index is -0.313. The van der Waals surface area contributed by atoms with Crippen molar-refractivity contribution in [1.29, 1.82) is 0 Å². The lowest BCUT2D eigenvalue weighted by atomic mass is 9.83. The highest BCUT2D eigenvalue weighted by Gasteiger charge is 2.27. The number of benzene rings is 2. The summed E-state index contributed by atoms with van der Waals surface area (Å²) in [7, 11) is 3.60. The smallest absolute Gasteiger partial charge is 0.165 e. The number of likely N-dealkylation sites (N-methyl/N-ethyl adjacent to an activating group) is 1. The molecule has 2 aliphatic heterocycles. The molecule has 0 amide bonds. The number of rotatable bonds is 7.